The number of hydrogen-bond acceptors (Lipinski definition) is 4. The molecule has 0 aliphatic carbocycles. The molecule has 1 N–H and O–H groups in total. The Bertz CT molecular complexity index is 1150. The van der Waals surface area contributed by atoms with Gasteiger partial charge in [-0.1, -0.05) is 35.9 Å². The van der Waals surface area contributed by atoms with Gasteiger partial charge in [-0.05, 0) is 55.5 Å². The van der Waals surface area contributed by atoms with E-state index in [4.69, 9.17) is 10.7 Å². The van der Waals surface area contributed by atoms with Crippen molar-refractivity contribution in [3.63, 3.8) is 0 Å². The van der Waals surface area contributed by atoms with Crippen molar-refractivity contribution in [2.75, 3.05) is 18.9 Å². The number of nitrogens with zero attached hydrogens (tertiary/aromatic N) is 1. The van der Waals surface area contributed by atoms with Crippen LogP contribution in [-0.2, 0) is 13.8 Å². The van der Waals surface area contributed by atoms with E-state index in [2.05, 4.69) is 24.4 Å². The number of halogens is 2. The summed E-state index contributed by atoms with van der Waals surface area (Å²) in [5.74, 6) is -1.36. The lowest BCUT2D eigenvalue weighted by atomic mass is 10.2. The van der Waals surface area contributed by atoms with Gasteiger partial charge in [0.2, 0.25) is 5.91 Å². The Morgan fingerprint density at radius 1 is 0.938 bits per heavy atom. The normalized spacial score (nSPS) is 10.5. The van der Waals surface area contributed by atoms with Crippen LogP contribution in [-0.4, -0.2) is 38.7 Å². The van der Waals surface area contributed by atoms with Crippen molar-refractivity contribution in [3.05, 3.63) is 95.8 Å². The van der Waals surface area contributed by atoms with E-state index in [0.717, 1.165) is 12.1 Å². The fourth-order valence-electron chi connectivity index (χ4n) is 2.54. The highest BCUT2D eigenvalue weighted by molar-refractivity contribution is 8.13. The number of carbonyl (C=O) groups excluding carboxylic acids is 2. The van der Waals surface area contributed by atoms with E-state index in [1.54, 1.807) is 0 Å². The Morgan fingerprint density at radius 2 is 1.50 bits per heavy atom. The number of carbonyl (C=O) groups is 2. The number of anilines is 1. The average Bonchev–Trinajstić information content (AvgIpc) is 2.74. The van der Waals surface area contributed by atoms with Crippen LogP contribution in [0.2, 0.25) is 0 Å². The Labute approximate surface area is 191 Å². The first kappa shape index (κ1) is 25.0. The first-order valence-electron chi connectivity index (χ1n) is 9.43. The van der Waals surface area contributed by atoms with Crippen LogP contribution < -0.4 is 5.32 Å². The van der Waals surface area contributed by atoms with E-state index < -0.39 is 26.7 Å². The van der Waals surface area contributed by atoms with Crippen molar-refractivity contribution in [1.82, 2.24) is 4.90 Å². The summed E-state index contributed by atoms with van der Waals surface area (Å²) in [6.45, 7) is 1.85. The van der Waals surface area contributed by atoms with Gasteiger partial charge in [-0.3, -0.25) is 9.59 Å². The van der Waals surface area contributed by atoms with Gasteiger partial charge in [0.1, 0.15) is 5.82 Å². The molecule has 0 saturated carbocycles. The van der Waals surface area contributed by atoms with Gasteiger partial charge in [-0.25, -0.2) is 12.8 Å². The highest BCUT2D eigenvalue weighted by atomic mass is 35.7. The Morgan fingerprint density at radius 3 is 1.97 bits per heavy atom. The third-order valence-electron chi connectivity index (χ3n) is 4.18. The average molecular weight is 477 g/mol. The van der Waals surface area contributed by atoms with Crippen molar-refractivity contribution in [3.8, 4) is 0 Å². The van der Waals surface area contributed by atoms with E-state index in [-0.39, 0.29) is 17.0 Å². The fourth-order valence-corrected chi connectivity index (χ4v) is 3.31. The summed E-state index contributed by atoms with van der Waals surface area (Å²) in [7, 11) is 2.81. The van der Waals surface area contributed by atoms with Gasteiger partial charge in [0.05, 0.1) is 11.4 Å². The third kappa shape index (κ3) is 8.13. The predicted molar refractivity (Wildman–Crippen MR) is 123 cm³/mol. The maximum absolute atomic E-state index is 12.9. The van der Waals surface area contributed by atoms with E-state index in [1.807, 2.05) is 18.2 Å². The molecular weight excluding hydrogens is 455 g/mol. The minimum atomic E-state index is -3.83. The van der Waals surface area contributed by atoms with E-state index in [9.17, 15) is 22.4 Å². The standard InChI is InChI=1S/C16H14ClFN2O4S.C7H8/c1-20(16(22)11-2-4-12(18)5-3-11)10-15(21)19-13-6-8-14(9-7-13)25(17,23)24;1-7-5-3-2-4-6-7/h2-9H,10H2,1H3,(H,19,21);2-6H,1H3. The molecule has 0 bridgehead atoms. The summed E-state index contributed by atoms with van der Waals surface area (Å²) >= 11 is 0. The van der Waals surface area contributed by atoms with Crippen molar-refractivity contribution >= 4 is 37.2 Å². The van der Waals surface area contributed by atoms with E-state index in [1.165, 1.54) is 53.9 Å². The lowest BCUT2D eigenvalue weighted by Crippen LogP contribution is -2.34. The summed E-state index contributed by atoms with van der Waals surface area (Å²) in [6, 6.07) is 20.5. The predicted octanol–water partition coefficient (Wildman–Crippen LogP) is 4.46. The molecule has 0 unspecified atom stereocenters. The zero-order valence-electron chi connectivity index (χ0n) is 17.5. The van der Waals surface area contributed by atoms with Gasteiger partial charge in [-0.2, -0.15) is 0 Å². The Balaban J connectivity index is 0.000000439. The quantitative estimate of drug-likeness (QED) is 0.551. The minimum absolute atomic E-state index is 0.0872. The zero-order valence-corrected chi connectivity index (χ0v) is 19.0. The Kier molecular flexibility index (Phi) is 8.92. The second kappa shape index (κ2) is 11.4. The number of benzene rings is 3. The number of nitrogens with one attached hydrogen (secondary N) is 1. The molecule has 0 spiro atoms. The second-order valence-electron chi connectivity index (χ2n) is 6.83. The summed E-state index contributed by atoms with van der Waals surface area (Å²) in [4.78, 5) is 25.2. The first-order valence-corrected chi connectivity index (χ1v) is 11.7. The number of aryl methyl sites for hydroxylation is 1. The maximum Gasteiger partial charge on any atom is 0.261 e. The van der Waals surface area contributed by atoms with Crippen LogP contribution >= 0.6 is 10.7 Å². The van der Waals surface area contributed by atoms with Crippen molar-refractivity contribution in [1.29, 1.82) is 0 Å². The summed E-state index contributed by atoms with van der Waals surface area (Å²) in [5, 5.41) is 2.54. The largest absolute Gasteiger partial charge is 0.332 e. The number of likely N-dealkylation sites (N-methyl/N-ethyl adjacent to an activating group) is 1. The molecule has 2 amide bonds. The topological polar surface area (TPSA) is 83.6 Å². The third-order valence-corrected chi connectivity index (χ3v) is 5.55. The molecule has 0 aromatic heterocycles. The van der Waals surface area contributed by atoms with Gasteiger partial charge >= 0.3 is 0 Å². The molecule has 0 fully saturated rings. The fraction of sp³-hybridized carbons (Fsp3) is 0.130. The molecule has 0 aliphatic heterocycles. The van der Waals surface area contributed by atoms with Gasteiger partial charge in [0.25, 0.3) is 15.0 Å². The monoisotopic (exact) mass is 476 g/mol. The summed E-state index contributed by atoms with van der Waals surface area (Å²) in [6.07, 6.45) is 0. The van der Waals surface area contributed by atoms with Crippen molar-refractivity contribution in [2.24, 2.45) is 0 Å². The van der Waals surface area contributed by atoms with Gasteiger partial charge in [0.15, 0.2) is 0 Å². The summed E-state index contributed by atoms with van der Waals surface area (Å²) in [5.41, 5.74) is 1.94. The van der Waals surface area contributed by atoms with Crippen molar-refractivity contribution < 1.29 is 22.4 Å². The molecule has 9 heteroatoms. The first-order chi connectivity index (χ1) is 15.1. The molecule has 3 aromatic carbocycles. The van der Waals surface area contributed by atoms with Crippen LogP contribution in [0.3, 0.4) is 0 Å². The van der Waals surface area contributed by atoms with Gasteiger partial charge in [-0.15, -0.1) is 0 Å². The second-order valence-corrected chi connectivity index (χ2v) is 9.40. The highest BCUT2D eigenvalue weighted by Crippen LogP contribution is 2.17. The molecule has 6 nitrogen and oxygen atoms in total. The number of amides is 2. The van der Waals surface area contributed by atoms with Crippen LogP contribution in [0.25, 0.3) is 0 Å². The number of hydrogen-bond donors (Lipinski definition) is 1. The van der Waals surface area contributed by atoms with Crippen LogP contribution in [0.5, 0.6) is 0 Å². The molecule has 32 heavy (non-hydrogen) atoms. The SMILES string of the molecule is CN(CC(=O)Nc1ccc(S(=O)(=O)Cl)cc1)C(=O)c1ccc(F)cc1.Cc1ccccc1. The molecule has 168 valence electrons. The molecule has 0 atom stereocenters. The lowest BCUT2D eigenvalue weighted by molar-refractivity contribution is -0.116. The molecule has 3 rings (SSSR count). The Hall–Kier alpha value is -3.23. The smallest absolute Gasteiger partial charge is 0.261 e. The lowest BCUT2D eigenvalue weighted by Gasteiger charge is -2.17. The van der Waals surface area contributed by atoms with Gasteiger partial charge in [0, 0.05) is 29.0 Å². The summed E-state index contributed by atoms with van der Waals surface area (Å²) < 4.78 is 35.2. The van der Waals surface area contributed by atoms with Crippen LogP contribution in [0.4, 0.5) is 10.1 Å². The van der Waals surface area contributed by atoms with E-state index in [0.29, 0.717) is 5.69 Å². The molecule has 0 saturated heterocycles. The highest BCUT2D eigenvalue weighted by Gasteiger charge is 2.15. The van der Waals surface area contributed by atoms with Crippen LogP contribution in [0.1, 0.15) is 15.9 Å². The molecule has 0 heterocycles. The zero-order chi connectivity index (χ0) is 23.7. The molecular formula is C23H22ClFN2O4S. The molecule has 3 aromatic rings. The minimum Gasteiger partial charge on any atom is -0.332 e. The van der Waals surface area contributed by atoms with Crippen LogP contribution in [0.15, 0.2) is 83.8 Å². The van der Waals surface area contributed by atoms with Crippen LogP contribution in [0, 0.1) is 12.7 Å². The maximum atomic E-state index is 12.9. The molecule has 0 radical (unpaired) electrons. The van der Waals surface area contributed by atoms with Crippen molar-refractivity contribution in [2.45, 2.75) is 11.8 Å². The van der Waals surface area contributed by atoms with Gasteiger partial charge < -0.3 is 10.2 Å². The molecule has 0 aliphatic rings. The van der Waals surface area contributed by atoms with E-state index >= 15 is 0 Å². The number of rotatable bonds is 5.